The molecule has 0 bridgehead atoms. The molecule has 0 saturated carbocycles. The van der Waals surface area contributed by atoms with Crippen molar-refractivity contribution in [3.8, 4) is 0 Å². The molecule has 0 aliphatic heterocycles. The Morgan fingerprint density at radius 3 is 2.15 bits per heavy atom. The van der Waals surface area contributed by atoms with Gasteiger partial charge in [0.15, 0.2) is 0 Å². The van der Waals surface area contributed by atoms with Crippen molar-refractivity contribution in [1.29, 1.82) is 0 Å². The number of aliphatic hydroxyl groups is 1. The van der Waals surface area contributed by atoms with E-state index in [9.17, 15) is 0 Å². The Balaban J connectivity index is 0. The highest BCUT2D eigenvalue weighted by molar-refractivity contribution is 7.79. The van der Waals surface area contributed by atoms with Crippen molar-refractivity contribution in [3.05, 3.63) is 49.1 Å². The second-order valence-electron chi connectivity index (χ2n) is 2.17. The third-order valence-electron chi connectivity index (χ3n) is 1.22. The van der Waals surface area contributed by atoms with Crippen LogP contribution in [0.4, 0.5) is 0 Å². The summed E-state index contributed by atoms with van der Waals surface area (Å²) in [4.78, 5) is 0. The fourth-order valence-electron chi connectivity index (χ4n) is 0.649. The molecule has 0 aliphatic rings. The van der Waals surface area contributed by atoms with Crippen LogP contribution >= 0.6 is 12.6 Å². The Hall–Kier alpha value is -0.730. The van der Waals surface area contributed by atoms with Gasteiger partial charge in [0.05, 0.1) is 6.10 Å². The van der Waals surface area contributed by atoms with Crippen LogP contribution in [0.15, 0.2) is 49.1 Å². The average molecular weight is 198 g/mol. The van der Waals surface area contributed by atoms with Crippen molar-refractivity contribution in [2.24, 2.45) is 0 Å². The zero-order valence-corrected chi connectivity index (χ0v) is 9.17. The normalized spacial score (nSPS) is 13.1. The molecule has 0 fully saturated rings. The van der Waals surface area contributed by atoms with E-state index in [1.54, 1.807) is 43.6 Å². The first kappa shape index (κ1) is 14.8. The molecule has 1 atom stereocenters. The van der Waals surface area contributed by atoms with Gasteiger partial charge in [0.2, 0.25) is 0 Å². The molecule has 0 spiro atoms. The van der Waals surface area contributed by atoms with Gasteiger partial charge in [-0.3, -0.25) is 0 Å². The van der Waals surface area contributed by atoms with E-state index in [2.05, 4.69) is 25.8 Å². The van der Waals surface area contributed by atoms with Crippen molar-refractivity contribution >= 4 is 12.6 Å². The minimum Gasteiger partial charge on any atom is -0.389 e. The lowest BCUT2D eigenvalue weighted by Crippen LogP contribution is -2.01. The third kappa shape index (κ3) is 9.18. The van der Waals surface area contributed by atoms with E-state index in [0.717, 1.165) is 5.57 Å². The molecule has 1 N–H and O–H groups in total. The molecule has 13 heavy (non-hydrogen) atoms. The van der Waals surface area contributed by atoms with Crippen molar-refractivity contribution < 1.29 is 5.11 Å². The molecule has 0 amide bonds. The van der Waals surface area contributed by atoms with E-state index in [-0.39, 0.29) is 0 Å². The second-order valence-corrected chi connectivity index (χ2v) is 2.17. The summed E-state index contributed by atoms with van der Waals surface area (Å²) in [5, 5.41) is 9.17. The maximum atomic E-state index is 9.17. The lowest BCUT2D eigenvalue weighted by Gasteiger charge is -2.02. The molecular weight excluding hydrogens is 180 g/mol. The molecule has 0 heterocycles. The maximum absolute atomic E-state index is 9.17. The van der Waals surface area contributed by atoms with Crippen LogP contribution in [0.5, 0.6) is 0 Å². The van der Waals surface area contributed by atoms with Gasteiger partial charge < -0.3 is 5.11 Å². The van der Waals surface area contributed by atoms with Crippen LogP contribution in [-0.2, 0) is 0 Å². The largest absolute Gasteiger partial charge is 0.389 e. The van der Waals surface area contributed by atoms with Crippen LogP contribution in [0, 0.1) is 0 Å². The van der Waals surface area contributed by atoms with Crippen LogP contribution < -0.4 is 0 Å². The maximum Gasteiger partial charge on any atom is 0.0761 e. The van der Waals surface area contributed by atoms with E-state index in [1.165, 1.54) is 0 Å². The molecule has 0 saturated heterocycles. The van der Waals surface area contributed by atoms with Crippen LogP contribution in [0.3, 0.4) is 0 Å². The highest BCUT2D eigenvalue weighted by atomic mass is 32.1. The summed E-state index contributed by atoms with van der Waals surface area (Å²) in [6, 6.07) is 0. The number of thiol groups is 1. The molecule has 2 heteroatoms. The number of hydrogen-bond donors (Lipinski definition) is 2. The fraction of sp³-hybridized carbons (Fsp3) is 0.273. The van der Waals surface area contributed by atoms with Crippen molar-refractivity contribution in [1.82, 2.24) is 0 Å². The zero-order chi connectivity index (χ0) is 10.7. The summed E-state index contributed by atoms with van der Waals surface area (Å²) in [6.45, 7) is 8.79. The standard InChI is InChI=1S/C10H14O.CH4S/c1-4-6-8-10(7-5-2)9(3)11;1-2/h4-9,11H,1-2H2,3H3;2H,1H3/b8-6-,10-7+;. The first-order chi connectivity index (χ1) is 6.22. The van der Waals surface area contributed by atoms with Gasteiger partial charge >= 0.3 is 0 Å². The molecule has 0 aromatic heterocycles. The van der Waals surface area contributed by atoms with Crippen LogP contribution in [0.2, 0.25) is 0 Å². The summed E-state index contributed by atoms with van der Waals surface area (Å²) in [5.74, 6) is 0. The van der Waals surface area contributed by atoms with Gasteiger partial charge in [0.1, 0.15) is 0 Å². The SMILES string of the molecule is C=C/C=C\C(=C/C=C)C(C)O.CS. The molecule has 1 unspecified atom stereocenters. The summed E-state index contributed by atoms with van der Waals surface area (Å²) in [6.07, 6.45) is 9.91. The van der Waals surface area contributed by atoms with Gasteiger partial charge in [-0.2, -0.15) is 12.6 Å². The molecule has 74 valence electrons. The van der Waals surface area contributed by atoms with Crippen molar-refractivity contribution in [2.45, 2.75) is 13.0 Å². The van der Waals surface area contributed by atoms with Crippen LogP contribution in [-0.4, -0.2) is 17.5 Å². The first-order valence-corrected chi connectivity index (χ1v) is 4.86. The minimum absolute atomic E-state index is 0.454. The molecule has 0 radical (unpaired) electrons. The lowest BCUT2D eigenvalue weighted by atomic mass is 10.1. The van der Waals surface area contributed by atoms with Gasteiger partial charge in [-0.1, -0.05) is 43.5 Å². The summed E-state index contributed by atoms with van der Waals surface area (Å²) in [7, 11) is 0. The Labute approximate surface area is 86.6 Å². The average Bonchev–Trinajstić information content (AvgIpc) is 2.15. The van der Waals surface area contributed by atoms with Gasteiger partial charge in [-0.05, 0) is 18.8 Å². The highest BCUT2D eigenvalue weighted by Gasteiger charge is 1.97. The Morgan fingerprint density at radius 1 is 1.31 bits per heavy atom. The fourth-order valence-corrected chi connectivity index (χ4v) is 0.649. The smallest absolute Gasteiger partial charge is 0.0761 e. The van der Waals surface area contributed by atoms with E-state index < -0.39 is 6.10 Å². The second kappa shape index (κ2) is 11.3. The van der Waals surface area contributed by atoms with Gasteiger partial charge in [0, 0.05) is 0 Å². The van der Waals surface area contributed by atoms with E-state index in [0.29, 0.717) is 0 Å². The Kier molecular flexibility index (Phi) is 12.8. The predicted octanol–water partition coefficient (Wildman–Crippen LogP) is 2.77. The predicted molar refractivity (Wildman–Crippen MR) is 64.2 cm³/mol. The topological polar surface area (TPSA) is 20.2 Å². The van der Waals surface area contributed by atoms with E-state index in [1.807, 2.05) is 0 Å². The minimum atomic E-state index is -0.454. The number of rotatable bonds is 4. The Bertz CT molecular complexity index is 190. The van der Waals surface area contributed by atoms with Crippen LogP contribution in [0.25, 0.3) is 0 Å². The van der Waals surface area contributed by atoms with Gasteiger partial charge in [-0.25, -0.2) is 0 Å². The van der Waals surface area contributed by atoms with Crippen LogP contribution in [0.1, 0.15) is 6.92 Å². The van der Waals surface area contributed by atoms with E-state index in [4.69, 9.17) is 5.11 Å². The molecule has 0 aromatic carbocycles. The molecule has 0 aromatic rings. The lowest BCUT2D eigenvalue weighted by molar-refractivity contribution is 0.235. The van der Waals surface area contributed by atoms with Gasteiger partial charge in [0.25, 0.3) is 0 Å². The number of allylic oxidation sites excluding steroid dienone is 4. The third-order valence-corrected chi connectivity index (χ3v) is 1.22. The summed E-state index contributed by atoms with van der Waals surface area (Å²) >= 11 is 3.53. The quantitative estimate of drug-likeness (QED) is 0.526. The monoisotopic (exact) mass is 198 g/mol. The Morgan fingerprint density at radius 2 is 1.85 bits per heavy atom. The molecular formula is C11H18OS. The zero-order valence-electron chi connectivity index (χ0n) is 8.27. The summed E-state index contributed by atoms with van der Waals surface area (Å²) < 4.78 is 0. The first-order valence-electron chi connectivity index (χ1n) is 3.97. The highest BCUT2D eigenvalue weighted by Crippen LogP contribution is 2.03. The van der Waals surface area contributed by atoms with Crippen molar-refractivity contribution in [2.75, 3.05) is 6.26 Å². The molecule has 0 aliphatic carbocycles. The number of hydrogen-bond acceptors (Lipinski definition) is 2. The van der Waals surface area contributed by atoms with Gasteiger partial charge in [-0.15, -0.1) is 0 Å². The van der Waals surface area contributed by atoms with Crippen molar-refractivity contribution in [3.63, 3.8) is 0 Å². The number of aliphatic hydroxyl groups excluding tert-OH is 1. The van der Waals surface area contributed by atoms with E-state index >= 15 is 0 Å². The molecule has 1 nitrogen and oxygen atoms in total. The summed E-state index contributed by atoms with van der Waals surface area (Å²) in [5.41, 5.74) is 0.833. The molecule has 0 rings (SSSR count).